The Kier molecular flexibility index (Phi) is 3.97. The van der Waals surface area contributed by atoms with E-state index < -0.39 is 13.7 Å². The maximum absolute atomic E-state index is 10.7. The Morgan fingerprint density at radius 1 is 1.24 bits per heavy atom. The Morgan fingerprint density at radius 2 is 1.82 bits per heavy atom. The van der Waals surface area contributed by atoms with Gasteiger partial charge in [0.15, 0.2) is 0 Å². The molecule has 0 aromatic carbocycles. The second kappa shape index (κ2) is 4.99. The van der Waals surface area contributed by atoms with Gasteiger partial charge in [-0.25, -0.2) is 0 Å². The smallest absolute Gasteiger partial charge is 0.129 e. The molecule has 2 saturated heterocycles. The van der Waals surface area contributed by atoms with Gasteiger partial charge in [0.25, 0.3) is 0 Å². The fraction of sp³-hybridized carbons (Fsp3) is 0.857. The Hall–Kier alpha value is 0.0869. The van der Waals surface area contributed by atoms with Gasteiger partial charge in [-0.1, -0.05) is 26.1 Å². The van der Waals surface area contributed by atoms with Crippen LogP contribution in [0.1, 0.15) is 38.5 Å². The van der Waals surface area contributed by atoms with Crippen molar-refractivity contribution in [3.05, 3.63) is 0 Å². The molecule has 96 valence electrons. The normalized spacial score (nSPS) is 37.2. The quantitative estimate of drug-likeness (QED) is 0.581. The van der Waals surface area contributed by atoms with Crippen molar-refractivity contribution in [2.45, 2.75) is 74.3 Å². The second-order valence-corrected chi connectivity index (χ2v) is 13.0. The van der Waals surface area contributed by atoms with E-state index >= 15 is 0 Å². The van der Waals surface area contributed by atoms with Crippen molar-refractivity contribution in [2.24, 2.45) is 0 Å². The van der Waals surface area contributed by atoms with Crippen LogP contribution in [-0.2, 0) is 0 Å². The van der Waals surface area contributed by atoms with Crippen LogP contribution in [0, 0.1) is 11.5 Å². The molecule has 2 rings (SSSR count). The van der Waals surface area contributed by atoms with Gasteiger partial charge in [0, 0.05) is 16.9 Å². The molecule has 0 saturated carbocycles. The highest BCUT2D eigenvalue weighted by atomic mass is 32.2. The second-order valence-electron chi connectivity index (χ2n) is 6.67. The summed E-state index contributed by atoms with van der Waals surface area (Å²) in [5, 5.41) is 12.1. The lowest BCUT2D eigenvalue weighted by Gasteiger charge is -2.43. The van der Waals surface area contributed by atoms with Crippen LogP contribution in [-0.4, -0.2) is 29.3 Å². The zero-order valence-electron chi connectivity index (χ0n) is 11.3. The van der Waals surface area contributed by atoms with Crippen molar-refractivity contribution in [3.63, 3.8) is 0 Å². The molecule has 0 radical (unpaired) electrons. The van der Waals surface area contributed by atoms with E-state index in [0.717, 1.165) is 12.8 Å². The molecule has 2 atom stereocenters. The van der Waals surface area contributed by atoms with Gasteiger partial charge < -0.3 is 5.11 Å². The van der Waals surface area contributed by atoms with Crippen molar-refractivity contribution < 1.29 is 5.11 Å². The van der Waals surface area contributed by atoms with E-state index in [1.807, 2.05) is 0 Å². The molecule has 1 nitrogen and oxygen atoms in total. The van der Waals surface area contributed by atoms with Gasteiger partial charge in [0.2, 0.25) is 0 Å². The highest BCUT2D eigenvalue weighted by molar-refractivity contribution is 8.00. The van der Waals surface area contributed by atoms with Gasteiger partial charge in [-0.05, 0) is 25.7 Å². The van der Waals surface area contributed by atoms with Crippen LogP contribution in [0.2, 0.25) is 19.6 Å². The topological polar surface area (TPSA) is 20.2 Å². The summed E-state index contributed by atoms with van der Waals surface area (Å²) in [5.74, 6) is 3.28. The molecule has 0 aromatic heterocycles. The number of aliphatic hydroxyl groups is 1. The first-order valence-corrected chi connectivity index (χ1v) is 11.2. The molecule has 2 heterocycles. The van der Waals surface area contributed by atoms with Gasteiger partial charge >= 0.3 is 0 Å². The Labute approximate surface area is 111 Å². The molecule has 0 aliphatic carbocycles. The zero-order valence-corrected chi connectivity index (χ0v) is 13.1. The summed E-state index contributed by atoms with van der Waals surface area (Å²) in [6, 6.07) is 0. The minimum absolute atomic E-state index is 0.479. The molecule has 2 aliphatic heterocycles. The van der Waals surface area contributed by atoms with Crippen molar-refractivity contribution in [1.29, 1.82) is 0 Å². The number of hydrogen-bond acceptors (Lipinski definition) is 2. The fourth-order valence-corrected chi connectivity index (χ4v) is 5.41. The average molecular weight is 268 g/mol. The largest absolute Gasteiger partial charge is 0.389 e. The first kappa shape index (κ1) is 13.5. The van der Waals surface area contributed by atoms with Crippen LogP contribution in [0.5, 0.6) is 0 Å². The van der Waals surface area contributed by atoms with Gasteiger partial charge in [0.1, 0.15) is 8.07 Å². The molecule has 17 heavy (non-hydrogen) atoms. The van der Waals surface area contributed by atoms with Crippen LogP contribution in [0.25, 0.3) is 0 Å². The fourth-order valence-electron chi connectivity index (χ4n) is 2.83. The zero-order chi connectivity index (χ0) is 12.5. The number of thioether (sulfide) groups is 1. The summed E-state index contributed by atoms with van der Waals surface area (Å²) in [5.41, 5.74) is 2.90. The van der Waals surface area contributed by atoms with Gasteiger partial charge in [-0.2, -0.15) is 11.8 Å². The molecule has 2 fully saturated rings. The van der Waals surface area contributed by atoms with Crippen molar-refractivity contribution in [3.8, 4) is 11.5 Å². The number of hydrogen-bond donors (Lipinski definition) is 1. The molecular formula is C14H24OSSi. The average Bonchev–Trinajstić information content (AvgIpc) is 2.13. The molecule has 0 spiro atoms. The van der Waals surface area contributed by atoms with Gasteiger partial charge in [-0.15, -0.1) is 11.5 Å². The third kappa shape index (κ3) is 4.05. The molecule has 2 aliphatic rings. The lowest BCUT2D eigenvalue weighted by atomic mass is 9.83. The summed E-state index contributed by atoms with van der Waals surface area (Å²) >= 11 is 2.11. The molecule has 1 N–H and O–H groups in total. The van der Waals surface area contributed by atoms with Crippen LogP contribution in [0.15, 0.2) is 0 Å². The maximum Gasteiger partial charge on any atom is 0.129 e. The Morgan fingerprint density at radius 3 is 2.35 bits per heavy atom. The third-order valence-electron chi connectivity index (χ3n) is 3.53. The minimum Gasteiger partial charge on any atom is -0.389 e. The summed E-state index contributed by atoms with van der Waals surface area (Å²) in [7, 11) is -1.28. The molecule has 0 aromatic rings. The summed E-state index contributed by atoms with van der Waals surface area (Å²) in [4.78, 5) is 0. The van der Waals surface area contributed by atoms with Crippen molar-refractivity contribution >= 4 is 19.8 Å². The van der Waals surface area contributed by atoms with Crippen molar-refractivity contribution in [2.75, 3.05) is 0 Å². The molecule has 2 unspecified atom stereocenters. The van der Waals surface area contributed by atoms with E-state index in [0.29, 0.717) is 16.9 Å². The van der Waals surface area contributed by atoms with E-state index in [9.17, 15) is 5.11 Å². The molecule has 3 heteroatoms. The first-order chi connectivity index (χ1) is 7.86. The highest BCUT2D eigenvalue weighted by Crippen LogP contribution is 2.46. The van der Waals surface area contributed by atoms with E-state index in [2.05, 4.69) is 42.9 Å². The SMILES string of the molecule is C[Si](C)(C)C#CCC1(O)CC2CCCC(C1)S2. The van der Waals surface area contributed by atoms with Crippen LogP contribution in [0.4, 0.5) is 0 Å². The van der Waals surface area contributed by atoms with Crippen LogP contribution < -0.4 is 0 Å². The number of rotatable bonds is 1. The Bertz CT molecular complexity index is 324. The molecule has 0 amide bonds. The number of fused-ring (bicyclic) bond motifs is 2. The maximum atomic E-state index is 10.7. The van der Waals surface area contributed by atoms with Gasteiger partial charge in [-0.3, -0.25) is 0 Å². The lowest BCUT2D eigenvalue weighted by molar-refractivity contribution is 0.0175. The van der Waals surface area contributed by atoms with E-state index in [1.165, 1.54) is 19.3 Å². The van der Waals surface area contributed by atoms with Crippen molar-refractivity contribution in [1.82, 2.24) is 0 Å². The van der Waals surface area contributed by atoms with Crippen LogP contribution >= 0.6 is 11.8 Å². The predicted octanol–water partition coefficient (Wildman–Crippen LogP) is 3.44. The predicted molar refractivity (Wildman–Crippen MR) is 78.9 cm³/mol. The lowest BCUT2D eigenvalue weighted by Crippen LogP contribution is -2.42. The summed E-state index contributed by atoms with van der Waals surface area (Å²) in [6.07, 6.45) is 6.59. The third-order valence-corrected chi connectivity index (χ3v) is 6.03. The standard InChI is InChI=1S/C14H24OSSi/c1-17(2,3)9-5-8-14(15)10-12-6-4-7-13(11-14)16-12/h12-13,15H,4,6-8,10-11H2,1-3H3. The molecule has 2 bridgehead atoms. The Balaban J connectivity index is 1.96. The first-order valence-electron chi connectivity index (χ1n) is 6.74. The highest BCUT2D eigenvalue weighted by Gasteiger charge is 2.40. The van der Waals surface area contributed by atoms with E-state index in [-0.39, 0.29) is 0 Å². The van der Waals surface area contributed by atoms with Gasteiger partial charge in [0.05, 0.1) is 5.60 Å². The monoisotopic (exact) mass is 268 g/mol. The molecular weight excluding hydrogens is 244 g/mol. The van der Waals surface area contributed by atoms with E-state index in [1.54, 1.807) is 0 Å². The minimum atomic E-state index is -1.28. The summed E-state index contributed by atoms with van der Waals surface area (Å²) in [6.45, 7) is 6.78. The van der Waals surface area contributed by atoms with E-state index in [4.69, 9.17) is 0 Å². The van der Waals surface area contributed by atoms with Crippen LogP contribution in [0.3, 0.4) is 0 Å². The summed E-state index contributed by atoms with van der Waals surface area (Å²) < 4.78 is 0.